The van der Waals surface area contributed by atoms with Crippen molar-refractivity contribution in [2.45, 2.75) is 32.0 Å². The van der Waals surface area contributed by atoms with Gasteiger partial charge in [-0.05, 0) is 19.9 Å². The van der Waals surface area contributed by atoms with Crippen LogP contribution in [0.1, 0.15) is 31.9 Å². The molecule has 1 rings (SSSR count). The number of hydrogen-bond acceptors (Lipinski definition) is 3. The van der Waals surface area contributed by atoms with Crippen molar-refractivity contribution < 1.29 is 14.3 Å². The number of ether oxygens (including phenoxy) is 1. The highest BCUT2D eigenvalue weighted by atomic mass is 16.5. The van der Waals surface area contributed by atoms with Gasteiger partial charge in [-0.15, -0.1) is 0 Å². The van der Waals surface area contributed by atoms with Crippen molar-refractivity contribution in [3.05, 3.63) is 24.2 Å². The zero-order valence-electron chi connectivity index (χ0n) is 8.28. The zero-order valence-corrected chi connectivity index (χ0v) is 8.28. The number of aliphatic hydroxyl groups is 1. The Morgan fingerprint density at radius 3 is 2.77 bits per heavy atom. The standard InChI is InChI=1S/C10H16O3/c1-10(2,12-3)6-9(11)8-4-5-13-7-8/h4-5,7,9,11H,6H2,1-3H3. The maximum absolute atomic E-state index is 9.74. The molecule has 0 saturated heterocycles. The lowest BCUT2D eigenvalue weighted by molar-refractivity contribution is -0.0201. The smallest absolute Gasteiger partial charge is 0.0960 e. The number of hydrogen-bond donors (Lipinski definition) is 1. The van der Waals surface area contributed by atoms with Gasteiger partial charge in [0, 0.05) is 19.1 Å². The normalized spacial score (nSPS) is 14.5. The number of methoxy groups -OCH3 is 1. The van der Waals surface area contributed by atoms with Crippen LogP contribution in [0.15, 0.2) is 23.0 Å². The van der Waals surface area contributed by atoms with Crippen molar-refractivity contribution in [2.75, 3.05) is 7.11 Å². The molecule has 0 saturated carbocycles. The molecular formula is C10H16O3. The lowest BCUT2D eigenvalue weighted by Crippen LogP contribution is -2.25. The largest absolute Gasteiger partial charge is 0.472 e. The summed E-state index contributed by atoms with van der Waals surface area (Å²) in [6.07, 6.45) is 3.14. The minimum absolute atomic E-state index is 0.309. The molecule has 13 heavy (non-hydrogen) atoms. The molecule has 1 unspecified atom stereocenters. The Hall–Kier alpha value is -0.800. The second-order valence-corrected chi connectivity index (χ2v) is 3.74. The van der Waals surface area contributed by atoms with E-state index in [2.05, 4.69) is 0 Å². The third kappa shape index (κ3) is 2.86. The molecule has 3 nitrogen and oxygen atoms in total. The van der Waals surface area contributed by atoms with E-state index in [-0.39, 0.29) is 5.60 Å². The van der Waals surface area contributed by atoms with Crippen molar-refractivity contribution in [1.82, 2.24) is 0 Å². The van der Waals surface area contributed by atoms with Gasteiger partial charge in [-0.25, -0.2) is 0 Å². The van der Waals surface area contributed by atoms with Crippen LogP contribution in [0.2, 0.25) is 0 Å². The molecule has 0 aliphatic rings. The van der Waals surface area contributed by atoms with E-state index in [0.29, 0.717) is 6.42 Å². The molecule has 0 aromatic carbocycles. The van der Waals surface area contributed by atoms with Crippen LogP contribution in [-0.2, 0) is 4.74 Å². The highest BCUT2D eigenvalue weighted by Gasteiger charge is 2.22. The molecular weight excluding hydrogens is 168 g/mol. The van der Waals surface area contributed by atoms with Crippen LogP contribution in [-0.4, -0.2) is 17.8 Å². The van der Waals surface area contributed by atoms with E-state index < -0.39 is 6.10 Å². The average Bonchev–Trinajstić information content (AvgIpc) is 2.55. The third-order valence-corrected chi connectivity index (χ3v) is 2.17. The van der Waals surface area contributed by atoms with Gasteiger partial charge in [0.1, 0.15) is 0 Å². The summed E-state index contributed by atoms with van der Waals surface area (Å²) in [4.78, 5) is 0. The van der Waals surface area contributed by atoms with Crippen molar-refractivity contribution >= 4 is 0 Å². The van der Waals surface area contributed by atoms with Crippen LogP contribution in [0, 0.1) is 0 Å². The molecule has 1 heterocycles. The van der Waals surface area contributed by atoms with Crippen LogP contribution < -0.4 is 0 Å². The van der Waals surface area contributed by atoms with Crippen LogP contribution in [0.25, 0.3) is 0 Å². The Morgan fingerprint density at radius 2 is 2.31 bits per heavy atom. The fourth-order valence-electron chi connectivity index (χ4n) is 1.13. The number of furan rings is 1. The number of aliphatic hydroxyl groups excluding tert-OH is 1. The highest BCUT2D eigenvalue weighted by molar-refractivity contribution is 5.09. The first-order valence-corrected chi connectivity index (χ1v) is 4.30. The molecule has 0 aliphatic carbocycles. The summed E-state index contributed by atoms with van der Waals surface area (Å²) in [5, 5.41) is 9.74. The molecule has 0 fully saturated rings. The van der Waals surface area contributed by atoms with Gasteiger partial charge in [-0.3, -0.25) is 0 Å². The Bertz CT molecular complexity index is 239. The van der Waals surface area contributed by atoms with E-state index in [1.54, 1.807) is 25.7 Å². The summed E-state index contributed by atoms with van der Waals surface area (Å²) < 4.78 is 10.1. The summed E-state index contributed by atoms with van der Waals surface area (Å²) in [6.45, 7) is 3.88. The van der Waals surface area contributed by atoms with Gasteiger partial charge >= 0.3 is 0 Å². The third-order valence-electron chi connectivity index (χ3n) is 2.17. The molecule has 0 radical (unpaired) electrons. The Morgan fingerprint density at radius 1 is 1.62 bits per heavy atom. The van der Waals surface area contributed by atoms with E-state index in [1.165, 1.54) is 0 Å². The second kappa shape index (κ2) is 3.94. The summed E-state index contributed by atoms with van der Waals surface area (Å²) >= 11 is 0. The average molecular weight is 184 g/mol. The predicted octanol–water partition coefficient (Wildman–Crippen LogP) is 2.13. The predicted molar refractivity (Wildman–Crippen MR) is 49.4 cm³/mol. The van der Waals surface area contributed by atoms with Crippen LogP contribution in [0.3, 0.4) is 0 Å². The maximum Gasteiger partial charge on any atom is 0.0960 e. The quantitative estimate of drug-likeness (QED) is 0.779. The fraction of sp³-hybridized carbons (Fsp3) is 0.600. The van der Waals surface area contributed by atoms with Gasteiger partial charge in [0.05, 0.1) is 24.2 Å². The first-order valence-electron chi connectivity index (χ1n) is 4.30. The highest BCUT2D eigenvalue weighted by Crippen LogP contribution is 2.25. The Labute approximate surface area is 78.3 Å². The minimum Gasteiger partial charge on any atom is -0.472 e. The van der Waals surface area contributed by atoms with Crippen LogP contribution in [0.4, 0.5) is 0 Å². The van der Waals surface area contributed by atoms with Crippen LogP contribution >= 0.6 is 0 Å². The monoisotopic (exact) mass is 184 g/mol. The summed E-state index contributed by atoms with van der Waals surface area (Å²) in [5.41, 5.74) is 0.488. The molecule has 74 valence electrons. The van der Waals surface area contributed by atoms with Crippen molar-refractivity contribution in [1.29, 1.82) is 0 Å². The fourth-order valence-corrected chi connectivity index (χ4v) is 1.13. The van der Waals surface area contributed by atoms with Gasteiger partial charge in [0.25, 0.3) is 0 Å². The molecule has 0 spiro atoms. The van der Waals surface area contributed by atoms with E-state index in [9.17, 15) is 5.11 Å². The first kappa shape index (κ1) is 10.3. The van der Waals surface area contributed by atoms with Crippen molar-refractivity contribution in [3.8, 4) is 0 Å². The summed E-state index contributed by atoms with van der Waals surface area (Å²) in [7, 11) is 1.64. The zero-order chi connectivity index (χ0) is 9.90. The van der Waals surface area contributed by atoms with E-state index in [0.717, 1.165) is 5.56 Å². The summed E-state index contributed by atoms with van der Waals surface area (Å²) in [6, 6.07) is 1.76. The molecule has 1 aromatic heterocycles. The molecule has 1 aromatic rings. The Kier molecular flexibility index (Phi) is 3.12. The SMILES string of the molecule is COC(C)(C)CC(O)c1ccoc1. The van der Waals surface area contributed by atoms with Gasteiger partial charge in [-0.2, -0.15) is 0 Å². The van der Waals surface area contributed by atoms with Gasteiger partial charge in [-0.1, -0.05) is 0 Å². The molecule has 0 amide bonds. The van der Waals surface area contributed by atoms with E-state index in [4.69, 9.17) is 9.15 Å². The van der Waals surface area contributed by atoms with Gasteiger partial charge in [0.15, 0.2) is 0 Å². The second-order valence-electron chi connectivity index (χ2n) is 3.74. The topological polar surface area (TPSA) is 42.6 Å². The lowest BCUT2D eigenvalue weighted by Gasteiger charge is -2.25. The van der Waals surface area contributed by atoms with Gasteiger partial charge in [0.2, 0.25) is 0 Å². The molecule has 1 N–H and O–H groups in total. The molecule has 0 bridgehead atoms. The minimum atomic E-state index is -0.520. The Balaban J connectivity index is 2.56. The molecule has 0 aliphatic heterocycles. The van der Waals surface area contributed by atoms with Crippen molar-refractivity contribution in [3.63, 3.8) is 0 Å². The summed E-state index contributed by atoms with van der Waals surface area (Å²) in [5.74, 6) is 0. The van der Waals surface area contributed by atoms with E-state index in [1.807, 2.05) is 13.8 Å². The number of rotatable bonds is 4. The molecule has 1 atom stereocenters. The molecule has 3 heteroatoms. The van der Waals surface area contributed by atoms with E-state index >= 15 is 0 Å². The van der Waals surface area contributed by atoms with Gasteiger partial charge < -0.3 is 14.3 Å². The lowest BCUT2D eigenvalue weighted by atomic mass is 9.97. The van der Waals surface area contributed by atoms with Crippen molar-refractivity contribution in [2.24, 2.45) is 0 Å². The van der Waals surface area contributed by atoms with Crippen LogP contribution in [0.5, 0.6) is 0 Å². The first-order chi connectivity index (χ1) is 6.05. The maximum atomic E-state index is 9.74.